The van der Waals surface area contributed by atoms with Gasteiger partial charge in [-0.25, -0.2) is 9.59 Å². The van der Waals surface area contributed by atoms with Gasteiger partial charge in [-0.05, 0) is 23.6 Å². The van der Waals surface area contributed by atoms with Crippen molar-refractivity contribution >= 4 is 22.8 Å². The summed E-state index contributed by atoms with van der Waals surface area (Å²) in [5.74, 6) is -3.00. The molecule has 0 atom stereocenters. The zero-order chi connectivity index (χ0) is 15.1. The molecule has 3 rings (SSSR count). The van der Waals surface area contributed by atoms with Crippen molar-refractivity contribution in [1.29, 1.82) is 0 Å². The fraction of sp³-hybridized carbons (Fsp3) is 0. The number of carbonyl (C=O) groups is 2. The summed E-state index contributed by atoms with van der Waals surface area (Å²) < 4.78 is 0. The second-order valence-corrected chi connectivity index (χ2v) is 4.56. The average Bonchev–Trinajstić information content (AvgIpc) is 2.44. The van der Waals surface area contributed by atoms with Crippen LogP contribution in [0.1, 0.15) is 20.7 Å². The zero-order valence-corrected chi connectivity index (χ0v) is 10.6. The van der Waals surface area contributed by atoms with E-state index in [0.29, 0.717) is 5.69 Å². The van der Waals surface area contributed by atoms with E-state index < -0.39 is 28.5 Å². The molecule has 1 aliphatic heterocycles. The minimum Gasteiger partial charge on any atom is -0.478 e. The highest BCUT2D eigenvalue weighted by atomic mass is 16.4. The standard InChI is InChI=1S/C15H9NO5/c17-13-8-5-7-3-1-2-4-10(7)16-11(8)6-9(14(18)19)12(13)15(20)21/h1-6,16H,(H,18,19)(H,20,21). The van der Waals surface area contributed by atoms with Crippen LogP contribution in [0.2, 0.25) is 0 Å². The number of carboxylic acid groups (broad SMARTS) is 2. The molecule has 0 saturated heterocycles. The van der Waals surface area contributed by atoms with E-state index in [2.05, 4.69) is 4.98 Å². The number of aromatic nitrogens is 1. The number of hydrogen-bond donors (Lipinski definition) is 3. The third-order valence-electron chi connectivity index (χ3n) is 3.29. The molecule has 104 valence electrons. The van der Waals surface area contributed by atoms with E-state index in [1.54, 1.807) is 30.3 Å². The maximum atomic E-state index is 12.3. The number of carboxylic acids is 2. The summed E-state index contributed by atoms with van der Waals surface area (Å²) in [4.78, 5) is 37.6. The van der Waals surface area contributed by atoms with Crippen LogP contribution in [-0.2, 0) is 0 Å². The molecule has 1 heterocycles. The highest BCUT2D eigenvalue weighted by Crippen LogP contribution is 2.24. The van der Waals surface area contributed by atoms with Gasteiger partial charge in [0, 0.05) is 11.1 Å². The normalized spacial score (nSPS) is 10.9. The van der Waals surface area contributed by atoms with E-state index in [0.717, 1.165) is 10.9 Å². The molecule has 0 aromatic heterocycles. The quantitative estimate of drug-likeness (QED) is 0.624. The predicted molar refractivity (Wildman–Crippen MR) is 75.1 cm³/mol. The molecule has 0 unspecified atom stereocenters. The number of para-hydroxylation sites is 1. The Hall–Kier alpha value is -3.15. The van der Waals surface area contributed by atoms with Crippen molar-refractivity contribution in [2.45, 2.75) is 0 Å². The van der Waals surface area contributed by atoms with E-state index in [9.17, 15) is 14.4 Å². The van der Waals surface area contributed by atoms with Crippen LogP contribution in [0.25, 0.3) is 22.2 Å². The summed E-state index contributed by atoms with van der Waals surface area (Å²) in [5, 5.41) is 18.9. The molecule has 21 heavy (non-hydrogen) atoms. The number of nitrogens with one attached hydrogen (secondary N) is 1. The first-order valence-electron chi connectivity index (χ1n) is 6.04. The van der Waals surface area contributed by atoms with Gasteiger partial charge in [-0.3, -0.25) is 4.79 Å². The molecule has 6 heteroatoms. The molecule has 1 aromatic rings. The Morgan fingerprint density at radius 3 is 2.38 bits per heavy atom. The van der Waals surface area contributed by atoms with E-state index >= 15 is 0 Å². The molecule has 0 spiro atoms. The molecule has 0 fully saturated rings. The third-order valence-corrected chi connectivity index (χ3v) is 3.29. The van der Waals surface area contributed by atoms with Crippen molar-refractivity contribution in [2.75, 3.05) is 0 Å². The van der Waals surface area contributed by atoms with Gasteiger partial charge in [0.05, 0.1) is 11.3 Å². The van der Waals surface area contributed by atoms with E-state index in [-0.39, 0.29) is 5.56 Å². The second-order valence-electron chi connectivity index (χ2n) is 4.56. The van der Waals surface area contributed by atoms with Crippen LogP contribution in [0.3, 0.4) is 0 Å². The first-order valence-corrected chi connectivity index (χ1v) is 6.04. The van der Waals surface area contributed by atoms with Crippen molar-refractivity contribution in [3.63, 3.8) is 0 Å². The maximum absolute atomic E-state index is 12.3. The fourth-order valence-corrected chi connectivity index (χ4v) is 2.34. The number of aromatic amines is 1. The minimum atomic E-state index is -1.55. The minimum absolute atomic E-state index is 0.149. The van der Waals surface area contributed by atoms with Gasteiger partial charge in [0.2, 0.25) is 5.43 Å². The van der Waals surface area contributed by atoms with Crippen molar-refractivity contribution in [2.24, 2.45) is 0 Å². The highest BCUT2D eigenvalue weighted by molar-refractivity contribution is 6.04. The van der Waals surface area contributed by atoms with Crippen LogP contribution in [0.15, 0.2) is 41.2 Å². The van der Waals surface area contributed by atoms with Gasteiger partial charge in [0.25, 0.3) is 0 Å². The summed E-state index contributed by atoms with van der Waals surface area (Å²) in [6.07, 6.45) is 0. The first-order chi connectivity index (χ1) is 9.99. The number of pyridine rings is 1. The summed E-state index contributed by atoms with van der Waals surface area (Å²) in [6, 6.07) is 9.88. The van der Waals surface area contributed by atoms with Gasteiger partial charge in [-0.15, -0.1) is 0 Å². The van der Waals surface area contributed by atoms with E-state index in [1.807, 2.05) is 0 Å². The maximum Gasteiger partial charge on any atom is 0.340 e. The molecule has 2 aliphatic rings. The monoisotopic (exact) mass is 283 g/mol. The van der Waals surface area contributed by atoms with Gasteiger partial charge >= 0.3 is 11.9 Å². The Morgan fingerprint density at radius 2 is 1.71 bits per heavy atom. The van der Waals surface area contributed by atoms with Crippen molar-refractivity contribution in [1.82, 2.24) is 4.98 Å². The average molecular weight is 283 g/mol. The highest BCUT2D eigenvalue weighted by Gasteiger charge is 2.24. The van der Waals surface area contributed by atoms with Crippen LogP contribution in [0, 0.1) is 0 Å². The second kappa shape index (κ2) is 4.45. The smallest absolute Gasteiger partial charge is 0.340 e. The molecule has 0 amide bonds. The molecular formula is C15H9NO5. The van der Waals surface area contributed by atoms with Crippen molar-refractivity contribution in [3.8, 4) is 11.3 Å². The van der Waals surface area contributed by atoms with Gasteiger partial charge in [0.1, 0.15) is 5.56 Å². The molecule has 6 nitrogen and oxygen atoms in total. The number of aromatic carboxylic acids is 2. The van der Waals surface area contributed by atoms with Crippen LogP contribution >= 0.6 is 0 Å². The summed E-state index contributed by atoms with van der Waals surface area (Å²) >= 11 is 0. The lowest BCUT2D eigenvalue weighted by Crippen LogP contribution is -2.23. The first kappa shape index (κ1) is 12.9. The van der Waals surface area contributed by atoms with Crippen LogP contribution in [-0.4, -0.2) is 27.1 Å². The molecule has 1 aliphatic carbocycles. The number of benzene rings is 2. The third kappa shape index (κ3) is 1.93. The lowest BCUT2D eigenvalue weighted by molar-refractivity contribution is 0.0650. The van der Waals surface area contributed by atoms with E-state index in [1.165, 1.54) is 6.07 Å². The Bertz CT molecular complexity index is 925. The summed E-state index contributed by atoms with van der Waals surface area (Å²) in [7, 11) is 0. The molecule has 0 radical (unpaired) electrons. The van der Waals surface area contributed by atoms with Crippen LogP contribution in [0.4, 0.5) is 0 Å². The number of H-pyrrole nitrogens is 1. The number of fused-ring (bicyclic) bond motifs is 2. The lowest BCUT2D eigenvalue weighted by Gasteiger charge is -2.11. The molecule has 1 aromatic carbocycles. The molecule has 3 N–H and O–H groups in total. The molecule has 0 saturated carbocycles. The zero-order valence-electron chi connectivity index (χ0n) is 10.6. The summed E-state index contributed by atoms with van der Waals surface area (Å²) in [5.41, 5.74) is -0.884. The summed E-state index contributed by atoms with van der Waals surface area (Å²) in [6.45, 7) is 0. The lowest BCUT2D eigenvalue weighted by atomic mass is 9.97. The van der Waals surface area contributed by atoms with Crippen LogP contribution in [0.5, 0.6) is 0 Å². The largest absolute Gasteiger partial charge is 0.478 e. The number of rotatable bonds is 2. The molecular weight excluding hydrogens is 274 g/mol. The van der Waals surface area contributed by atoms with Crippen LogP contribution < -0.4 is 5.43 Å². The van der Waals surface area contributed by atoms with Crippen molar-refractivity contribution in [3.05, 3.63) is 57.7 Å². The van der Waals surface area contributed by atoms with Gasteiger partial charge in [-0.2, -0.15) is 0 Å². The molecule has 0 bridgehead atoms. The Labute approximate surface area is 117 Å². The Balaban J connectivity index is 2.51. The topological polar surface area (TPSA) is 107 Å². The van der Waals surface area contributed by atoms with Gasteiger partial charge in [0.15, 0.2) is 0 Å². The van der Waals surface area contributed by atoms with Crippen molar-refractivity contribution < 1.29 is 19.8 Å². The van der Waals surface area contributed by atoms with Gasteiger partial charge in [-0.1, -0.05) is 18.2 Å². The SMILES string of the molecule is O=C(O)c1cc2[nH]c3ccccc3cc-2c(=O)c1C(=O)O. The fourth-order valence-electron chi connectivity index (χ4n) is 2.34. The Morgan fingerprint density at radius 1 is 1.00 bits per heavy atom. The number of hydrogen-bond acceptors (Lipinski definition) is 3. The predicted octanol–water partition coefficient (Wildman–Crippen LogP) is 2.03. The van der Waals surface area contributed by atoms with E-state index in [4.69, 9.17) is 10.2 Å². The van der Waals surface area contributed by atoms with Gasteiger partial charge < -0.3 is 15.2 Å². The Kier molecular flexibility index (Phi) is 2.72.